The van der Waals surface area contributed by atoms with Crippen molar-refractivity contribution in [3.63, 3.8) is 0 Å². The quantitative estimate of drug-likeness (QED) is 0.0294. The molecular formula is C40H62NO7+. The lowest BCUT2D eigenvalue weighted by molar-refractivity contribution is -0.887. The number of nitrogens with zero attached hydrogens (tertiary/aromatic N) is 1. The van der Waals surface area contributed by atoms with Gasteiger partial charge in [-0.05, 0) is 44.9 Å². The number of quaternary nitrogens is 1. The molecule has 0 radical (unpaired) electrons. The van der Waals surface area contributed by atoms with Crippen LogP contribution in [0, 0.1) is 0 Å². The zero-order valence-electron chi connectivity index (χ0n) is 30.1. The maximum absolute atomic E-state index is 12.5. The summed E-state index contributed by atoms with van der Waals surface area (Å²) >= 11 is 0. The van der Waals surface area contributed by atoms with Gasteiger partial charge in [0.05, 0.1) is 40.8 Å². The van der Waals surface area contributed by atoms with Gasteiger partial charge >= 0.3 is 17.9 Å². The van der Waals surface area contributed by atoms with Gasteiger partial charge in [0, 0.05) is 12.8 Å². The molecule has 0 fully saturated rings. The second kappa shape index (κ2) is 30.6. The predicted octanol–water partition coefficient (Wildman–Crippen LogP) is 8.40. The number of likely N-dealkylation sites (N-methyl/N-ethyl adjacent to an activating group) is 1. The monoisotopic (exact) mass is 668 g/mol. The Morgan fingerprint density at radius 3 is 1.85 bits per heavy atom. The molecule has 0 spiro atoms. The van der Waals surface area contributed by atoms with Gasteiger partial charge in [0.2, 0.25) is 0 Å². The van der Waals surface area contributed by atoms with E-state index in [1.165, 1.54) is 0 Å². The summed E-state index contributed by atoms with van der Waals surface area (Å²) in [5.41, 5.74) is 0. The number of carboxylic acids is 1. The van der Waals surface area contributed by atoms with Gasteiger partial charge in [0.15, 0.2) is 12.1 Å². The molecule has 0 heterocycles. The van der Waals surface area contributed by atoms with Crippen molar-refractivity contribution in [1.29, 1.82) is 0 Å². The van der Waals surface area contributed by atoms with Crippen LogP contribution < -0.4 is 0 Å². The van der Waals surface area contributed by atoms with Crippen LogP contribution in [0.25, 0.3) is 0 Å². The van der Waals surface area contributed by atoms with E-state index < -0.39 is 24.1 Å². The van der Waals surface area contributed by atoms with E-state index in [1.807, 2.05) is 81.9 Å². The van der Waals surface area contributed by atoms with Crippen LogP contribution >= 0.6 is 0 Å². The minimum absolute atomic E-state index is 0.00378. The van der Waals surface area contributed by atoms with E-state index >= 15 is 0 Å². The largest absolute Gasteiger partial charge is 0.477 e. The van der Waals surface area contributed by atoms with Gasteiger partial charge < -0.3 is 23.8 Å². The summed E-state index contributed by atoms with van der Waals surface area (Å²) in [4.78, 5) is 36.5. The normalized spacial score (nSPS) is 14.3. The fraction of sp³-hybridized carbons (Fsp3) is 0.525. The van der Waals surface area contributed by atoms with E-state index in [1.54, 1.807) is 6.08 Å². The maximum Gasteiger partial charge on any atom is 0.362 e. The molecule has 48 heavy (non-hydrogen) atoms. The summed E-state index contributed by atoms with van der Waals surface area (Å²) in [5, 5.41) is 9.55. The van der Waals surface area contributed by atoms with E-state index in [9.17, 15) is 19.5 Å². The number of allylic oxidation sites excluding steroid dienone is 15. The fourth-order valence-electron chi connectivity index (χ4n) is 4.23. The lowest BCUT2D eigenvalue weighted by atomic mass is 10.1. The molecule has 2 atom stereocenters. The summed E-state index contributed by atoms with van der Waals surface area (Å²) in [5.74, 6) is -1.70. The van der Waals surface area contributed by atoms with Crippen LogP contribution in [0.2, 0.25) is 0 Å². The highest BCUT2D eigenvalue weighted by Crippen LogP contribution is 2.10. The molecule has 0 bridgehead atoms. The first kappa shape index (κ1) is 44.2. The molecule has 1 N–H and O–H groups in total. The van der Waals surface area contributed by atoms with E-state index in [-0.39, 0.29) is 43.1 Å². The SMILES string of the molecule is CC/C=C/C=C/C=C/C=C/C=C/CCCCCC(=O)OCC(COCCC(C(=O)O)[N+](C)(C)C)OC(=O)C/C=C/C/C=C/C/C=C/CC. The van der Waals surface area contributed by atoms with Crippen LogP contribution in [-0.2, 0) is 28.6 Å². The van der Waals surface area contributed by atoms with Crippen molar-refractivity contribution in [2.75, 3.05) is 41.0 Å². The smallest absolute Gasteiger partial charge is 0.362 e. The van der Waals surface area contributed by atoms with Gasteiger partial charge in [-0.2, -0.15) is 0 Å². The van der Waals surface area contributed by atoms with Crippen LogP contribution in [0.1, 0.15) is 84.5 Å². The number of rotatable bonds is 28. The second-order valence-electron chi connectivity index (χ2n) is 12.1. The first-order valence-corrected chi connectivity index (χ1v) is 17.3. The summed E-state index contributed by atoms with van der Waals surface area (Å²) < 4.78 is 16.9. The molecule has 0 aliphatic carbocycles. The Morgan fingerprint density at radius 2 is 1.25 bits per heavy atom. The van der Waals surface area contributed by atoms with Gasteiger partial charge in [0.25, 0.3) is 0 Å². The van der Waals surface area contributed by atoms with Crippen LogP contribution in [-0.4, -0.2) is 80.6 Å². The number of carbonyl (C=O) groups is 3. The van der Waals surface area contributed by atoms with Crippen LogP contribution in [0.15, 0.2) is 97.2 Å². The number of carbonyl (C=O) groups excluding carboxylic acids is 2. The van der Waals surface area contributed by atoms with E-state index in [2.05, 4.69) is 44.2 Å². The lowest BCUT2D eigenvalue weighted by Gasteiger charge is -2.31. The Labute approximate surface area is 290 Å². The number of unbranched alkanes of at least 4 members (excludes halogenated alkanes) is 3. The standard InChI is InChI=1S/C40H61NO7/c1-6-8-10-12-14-16-17-18-19-20-21-23-24-26-28-30-38(42)47-35-36(34-46-33-32-37(40(44)45)41(3,4)5)48-39(43)31-29-27-25-22-15-13-11-9-7-2/h8-12,14-22,27,29,36-37H,6-7,13,23-26,28,30-35H2,1-5H3/p+1/b10-8+,11-9+,14-12+,17-16+,19-18+,21-20+,22-15+,29-27+. The third-order valence-corrected chi connectivity index (χ3v) is 6.89. The van der Waals surface area contributed by atoms with Crippen molar-refractivity contribution in [2.45, 2.75) is 96.6 Å². The third kappa shape index (κ3) is 28.5. The minimum Gasteiger partial charge on any atom is -0.477 e. The molecule has 0 aliphatic rings. The summed E-state index contributed by atoms with van der Waals surface area (Å²) in [6, 6.07) is -0.639. The molecule has 0 amide bonds. The van der Waals surface area contributed by atoms with Crippen molar-refractivity contribution in [1.82, 2.24) is 0 Å². The van der Waals surface area contributed by atoms with Crippen molar-refractivity contribution < 1.29 is 38.2 Å². The summed E-state index contributed by atoms with van der Waals surface area (Å²) in [6.45, 7) is 4.26. The lowest BCUT2D eigenvalue weighted by Crippen LogP contribution is -2.50. The van der Waals surface area contributed by atoms with Gasteiger partial charge in [-0.15, -0.1) is 0 Å². The fourth-order valence-corrected chi connectivity index (χ4v) is 4.23. The summed E-state index contributed by atoms with van der Waals surface area (Å²) in [7, 11) is 5.45. The zero-order chi connectivity index (χ0) is 35.7. The number of esters is 2. The predicted molar refractivity (Wildman–Crippen MR) is 196 cm³/mol. The molecule has 0 aliphatic heterocycles. The van der Waals surface area contributed by atoms with E-state index in [0.29, 0.717) is 12.8 Å². The molecule has 8 nitrogen and oxygen atoms in total. The minimum atomic E-state index is -0.901. The van der Waals surface area contributed by atoms with Crippen molar-refractivity contribution in [3.05, 3.63) is 97.2 Å². The average molecular weight is 669 g/mol. The molecule has 0 saturated carbocycles. The highest BCUT2D eigenvalue weighted by molar-refractivity contribution is 5.72. The second-order valence-corrected chi connectivity index (χ2v) is 12.1. The zero-order valence-corrected chi connectivity index (χ0v) is 30.1. The number of aliphatic carboxylic acids is 1. The first-order chi connectivity index (χ1) is 23.1. The molecule has 0 aromatic carbocycles. The van der Waals surface area contributed by atoms with Gasteiger partial charge in [0.1, 0.15) is 6.61 Å². The van der Waals surface area contributed by atoms with Crippen molar-refractivity contribution in [2.24, 2.45) is 0 Å². The van der Waals surface area contributed by atoms with Crippen LogP contribution in [0.3, 0.4) is 0 Å². The molecule has 0 aromatic rings. The molecule has 2 unspecified atom stereocenters. The Hall–Kier alpha value is -3.75. The Bertz CT molecular complexity index is 1100. The van der Waals surface area contributed by atoms with Crippen LogP contribution in [0.4, 0.5) is 0 Å². The van der Waals surface area contributed by atoms with E-state index in [0.717, 1.165) is 44.9 Å². The average Bonchev–Trinajstić information content (AvgIpc) is 3.03. The van der Waals surface area contributed by atoms with Crippen molar-refractivity contribution in [3.8, 4) is 0 Å². The molecule has 0 saturated heterocycles. The summed E-state index contributed by atoms with van der Waals surface area (Å²) in [6.07, 6.45) is 39.3. The third-order valence-electron chi connectivity index (χ3n) is 6.89. The van der Waals surface area contributed by atoms with Gasteiger partial charge in [-0.25, -0.2) is 4.79 Å². The maximum atomic E-state index is 12.5. The Balaban J connectivity index is 4.64. The molecule has 268 valence electrons. The highest BCUT2D eigenvalue weighted by Gasteiger charge is 2.31. The number of hydrogen-bond donors (Lipinski definition) is 1. The number of ether oxygens (including phenoxy) is 3. The van der Waals surface area contributed by atoms with Gasteiger partial charge in [-0.1, -0.05) is 117 Å². The molecular weight excluding hydrogens is 606 g/mol. The van der Waals surface area contributed by atoms with Gasteiger partial charge in [-0.3, -0.25) is 9.59 Å². The van der Waals surface area contributed by atoms with Crippen LogP contribution in [0.5, 0.6) is 0 Å². The number of carboxylic acid groups (broad SMARTS) is 1. The molecule has 8 heteroatoms. The van der Waals surface area contributed by atoms with Crippen molar-refractivity contribution >= 4 is 17.9 Å². The Morgan fingerprint density at radius 1 is 0.667 bits per heavy atom. The number of hydrogen-bond acceptors (Lipinski definition) is 6. The highest BCUT2D eigenvalue weighted by atomic mass is 16.6. The van der Waals surface area contributed by atoms with E-state index in [4.69, 9.17) is 14.2 Å². The topological polar surface area (TPSA) is 99.1 Å². The Kier molecular flexibility index (Phi) is 28.2. The first-order valence-electron chi connectivity index (χ1n) is 17.3. The molecule has 0 aromatic heterocycles. The molecule has 0 rings (SSSR count).